The fourth-order valence-electron chi connectivity index (χ4n) is 3.70. The number of fused-ring (bicyclic) bond motifs is 1. The number of hydrogen-bond acceptors (Lipinski definition) is 6. The van der Waals surface area contributed by atoms with Crippen LogP contribution in [0.1, 0.15) is 27.2 Å². The first-order chi connectivity index (χ1) is 16.8. The van der Waals surface area contributed by atoms with Crippen LogP contribution in [0.3, 0.4) is 0 Å². The molecule has 7 nitrogen and oxygen atoms in total. The third kappa shape index (κ3) is 4.52. The van der Waals surface area contributed by atoms with Gasteiger partial charge in [-0.2, -0.15) is 23.4 Å². The number of benzene rings is 2. The Morgan fingerprint density at radius 2 is 1.77 bits per heavy atom. The van der Waals surface area contributed by atoms with E-state index in [1.54, 1.807) is 12.4 Å². The van der Waals surface area contributed by atoms with Crippen LogP contribution in [-0.4, -0.2) is 31.0 Å². The number of halogens is 4. The lowest BCUT2D eigenvalue weighted by atomic mass is 10.1. The molecule has 1 amide bonds. The van der Waals surface area contributed by atoms with Crippen LogP contribution in [0.15, 0.2) is 67.3 Å². The van der Waals surface area contributed by atoms with Crippen LogP contribution in [0.2, 0.25) is 0 Å². The Labute approximate surface area is 196 Å². The third-order valence-corrected chi connectivity index (χ3v) is 5.44. The summed E-state index contributed by atoms with van der Waals surface area (Å²) in [7, 11) is 0. The van der Waals surface area contributed by atoms with Crippen LogP contribution in [-0.2, 0) is 19.3 Å². The van der Waals surface area contributed by atoms with Gasteiger partial charge in [0.05, 0.1) is 30.2 Å². The van der Waals surface area contributed by atoms with Crippen LogP contribution in [0.4, 0.5) is 17.6 Å². The minimum Gasteiger partial charge on any atom is -0.435 e. The number of alkyl halides is 3. The maximum Gasteiger partial charge on any atom is 0.416 e. The number of rotatable bonds is 5. The number of amides is 1. The number of aromatic nitrogens is 4. The molecule has 35 heavy (non-hydrogen) atoms. The molecule has 0 fully saturated rings. The molecular formula is C24H15F4N5O2. The molecule has 0 radical (unpaired) electrons. The fraction of sp³-hybridized carbons (Fsp3) is 0.125. The zero-order chi connectivity index (χ0) is 24.6. The lowest BCUT2D eigenvalue weighted by Gasteiger charge is -2.16. The van der Waals surface area contributed by atoms with Gasteiger partial charge in [-0.1, -0.05) is 24.3 Å². The molecule has 5 rings (SSSR count). The number of hydrogen-bond donors (Lipinski definition) is 0. The fourth-order valence-corrected chi connectivity index (χ4v) is 3.70. The lowest BCUT2D eigenvalue weighted by Crippen LogP contribution is -2.23. The highest BCUT2D eigenvalue weighted by Crippen LogP contribution is 2.35. The number of nitrogens with zero attached hydrogens (tertiary/aromatic N) is 5. The first kappa shape index (κ1) is 22.4. The molecule has 0 saturated heterocycles. The first-order valence-corrected chi connectivity index (χ1v) is 10.3. The van der Waals surface area contributed by atoms with Gasteiger partial charge in [-0.25, -0.2) is 14.4 Å². The highest BCUT2D eigenvalue weighted by Gasteiger charge is 2.34. The Kier molecular flexibility index (Phi) is 5.59. The van der Waals surface area contributed by atoms with E-state index in [4.69, 9.17) is 4.74 Å². The molecule has 3 heterocycles. The van der Waals surface area contributed by atoms with E-state index in [2.05, 4.69) is 20.2 Å². The molecule has 0 bridgehead atoms. The van der Waals surface area contributed by atoms with Gasteiger partial charge in [0.15, 0.2) is 11.6 Å². The van der Waals surface area contributed by atoms with Crippen LogP contribution < -0.4 is 4.74 Å². The molecule has 0 unspecified atom stereocenters. The largest absolute Gasteiger partial charge is 0.435 e. The van der Waals surface area contributed by atoms with Gasteiger partial charge in [-0.15, -0.1) is 0 Å². The summed E-state index contributed by atoms with van der Waals surface area (Å²) >= 11 is 0. The second kappa shape index (κ2) is 8.75. The zero-order valence-corrected chi connectivity index (χ0v) is 17.8. The van der Waals surface area contributed by atoms with Gasteiger partial charge in [-0.05, 0) is 35.4 Å². The highest BCUT2D eigenvalue weighted by molar-refractivity contribution is 5.99. The van der Waals surface area contributed by atoms with Crippen molar-refractivity contribution in [3.05, 3.63) is 95.5 Å². The predicted molar refractivity (Wildman–Crippen MR) is 115 cm³/mol. The molecular weight excluding hydrogens is 466 g/mol. The molecule has 2 aromatic carbocycles. The maximum absolute atomic E-state index is 14.3. The minimum absolute atomic E-state index is 0.0475. The van der Waals surface area contributed by atoms with Gasteiger partial charge in [0.2, 0.25) is 5.88 Å². The Hall–Kier alpha value is -4.41. The van der Waals surface area contributed by atoms with Gasteiger partial charge in [0.25, 0.3) is 5.91 Å². The topological polar surface area (TPSA) is 81.1 Å². The lowest BCUT2D eigenvalue weighted by molar-refractivity contribution is -0.137. The van der Waals surface area contributed by atoms with Gasteiger partial charge in [0, 0.05) is 12.1 Å². The quantitative estimate of drug-likeness (QED) is 0.372. The smallest absolute Gasteiger partial charge is 0.416 e. The molecule has 1 aliphatic rings. The highest BCUT2D eigenvalue weighted by atomic mass is 19.4. The van der Waals surface area contributed by atoms with Gasteiger partial charge in [-0.3, -0.25) is 4.79 Å². The average molecular weight is 481 g/mol. The summed E-state index contributed by atoms with van der Waals surface area (Å²) in [6.45, 7) is 0.455. The SMILES string of the molecule is O=C1c2c(ncnc2Oc2ccc(C(F)(F)F)cc2F)CN1Cc1ccc(-c2ccnnc2)cc1. The second-order valence-electron chi connectivity index (χ2n) is 7.73. The van der Waals surface area contributed by atoms with Crippen molar-refractivity contribution < 1.29 is 27.1 Å². The summed E-state index contributed by atoms with van der Waals surface area (Å²) < 4.78 is 58.1. The molecule has 1 aliphatic heterocycles. The van der Waals surface area contributed by atoms with Crippen LogP contribution in [0, 0.1) is 5.82 Å². The van der Waals surface area contributed by atoms with E-state index in [1.165, 1.54) is 4.90 Å². The third-order valence-electron chi connectivity index (χ3n) is 5.44. The van der Waals surface area contributed by atoms with Crippen molar-refractivity contribution in [2.45, 2.75) is 19.3 Å². The maximum atomic E-state index is 14.3. The summed E-state index contributed by atoms with van der Waals surface area (Å²) in [5.41, 5.74) is 1.99. The standard InChI is InChI=1S/C24H15F4N5O2/c25-18-9-17(24(26,27)28)5-6-20(18)35-22-21-19(29-13-30-22)12-33(23(21)34)11-14-1-3-15(4-2-14)16-7-8-31-32-10-16/h1-10,13H,11-12H2. The van der Waals surface area contributed by atoms with E-state index in [-0.39, 0.29) is 24.5 Å². The van der Waals surface area contributed by atoms with Crippen molar-refractivity contribution in [1.82, 2.24) is 25.1 Å². The van der Waals surface area contributed by atoms with Gasteiger partial charge >= 0.3 is 6.18 Å². The summed E-state index contributed by atoms with van der Waals surface area (Å²) in [6, 6.07) is 11.3. The van der Waals surface area contributed by atoms with Crippen LogP contribution in [0.5, 0.6) is 11.6 Å². The van der Waals surface area contributed by atoms with Crippen molar-refractivity contribution in [3.63, 3.8) is 0 Å². The van der Waals surface area contributed by atoms with E-state index in [1.807, 2.05) is 30.3 Å². The second-order valence-corrected chi connectivity index (χ2v) is 7.73. The molecule has 11 heteroatoms. The molecule has 176 valence electrons. The molecule has 0 aliphatic carbocycles. The summed E-state index contributed by atoms with van der Waals surface area (Å²) in [5.74, 6) is -2.35. The first-order valence-electron chi connectivity index (χ1n) is 10.3. The van der Waals surface area contributed by atoms with Crippen molar-refractivity contribution in [3.8, 4) is 22.8 Å². The van der Waals surface area contributed by atoms with E-state index in [0.717, 1.165) is 29.1 Å². The van der Waals surface area contributed by atoms with E-state index < -0.39 is 29.2 Å². The van der Waals surface area contributed by atoms with Crippen molar-refractivity contribution in [1.29, 1.82) is 0 Å². The van der Waals surface area contributed by atoms with Gasteiger partial charge in [0.1, 0.15) is 11.9 Å². The minimum atomic E-state index is -4.70. The van der Waals surface area contributed by atoms with Crippen molar-refractivity contribution >= 4 is 5.91 Å². The molecule has 0 atom stereocenters. The van der Waals surface area contributed by atoms with E-state index in [9.17, 15) is 22.4 Å². The van der Waals surface area contributed by atoms with Crippen LogP contribution in [0.25, 0.3) is 11.1 Å². The molecule has 4 aromatic rings. The van der Waals surface area contributed by atoms with E-state index in [0.29, 0.717) is 17.8 Å². The predicted octanol–water partition coefficient (Wildman–Crippen LogP) is 5.04. The normalized spacial score (nSPS) is 13.1. The number of carbonyl (C=O) groups excluding carboxylic acids is 1. The summed E-state index contributed by atoms with van der Waals surface area (Å²) in [6.07, 6.45) is -0.292. The molecule has 0 spiro atoms. The van der Waals surface area contributed by atoms with Crippen LogP contribution >= 0.6 is 0 Å². The Balaban J connectivity index is 1.34. The summed E-state index contributed by atoms with van der Waals surface area (Å²) in [5, 5.41) is 7.61. The Morgan fingerprint density at radius 1 is 0.971 bits per heavy atom. The van der Waals surface area contributed by atoms with Gasteiger partial charge < -0.3 is 9.64 Å². The Bertz CT molecular complexity index is 1400. The average Bonchev–Trinajstić information content (AvgIpc) is 3.16. The Morgan fingerprint density at radius 3 is 2.46 bits per heavy atom. The number of carbonyl (C=O) groups is 1. The molecule has 2 aromatic heterocycles. The number of ether oxygens (including phenoxy) is 1. The molecule has 0 N–H and O–H groups in total. The van der Waals surface area contributed by atoms with Crippen molar-refractivity contribution in [2.24, 2.45) is 0 Å². The monoisotopic (exact) mass is 481 g/mol. The zero-order valence-electron chi connectivity index (χ0n) is 17.8. The molecule has 0 saturated carbocycles. The van der Waals surface area contributed by atoms with E-state index >= 15 is 0 Å². The summed E-state index contributed by atoms with van der Waals surface area (Å²) in [4.78, 5) is 22.6. The van der Waals surface area contributed by atoms with Crippen molar-refractivity contribution in [2.75, 3.05) is 0 Å².